The maximum Gasteiger partial charge on any atom is 0.416 e. The minimum atomic E-state index is -4.42. The van der Waals surface area contributed by atoms with Gasteiger partial charge in [0, 0.05) is 6.20 Å². The molecule has 5 nitrogen and oxygen atoms in total. The number of hydrogen-bond acceptors (Lipinski definition) is 4. The fourth-order valence-corrected chi connectivity index (χ4v) is 1.73. The van der Waals surface area contributed by atoms with Crippen LogP contribution in [0.4, 0.5) is 13.2 Å². The molecule has 0 radical (unpaired) electrons. The number of aromatic nitrogens is 5. The van der Waals surface area contributed by atoms with E-state index in [1.807, 2.05) is 0 Å². The van der Waals surface area contributed by atoms with Gasteiger partial charge in [-0.15, -0.1) is 15.0 Å². The van der Waals surface area contributed by atoms with E-state index in [2.05, 4.69) is 20.4 Å². The first kappa shape index (κ1) is 13.2. The maximum atomic E-state index is 12.7. The highest BCUT2D eigenvalue weighted by atomic mass is 19.4. The standard InChI is InChI=1S/C13H8F3N5/c14-13(15,16)9-4-3-5-10(8-9)21-19-12(18-20-21)11-6-1-2-7-17-11/h1-8H. The molecule has 0 N–H and O–H groups in total. The summed E-state index contributed by atoms with van der Waals surface area (Å²) in [5.41, 5.74) is -0.0908. The fourth-order valence-electron chi connectivity index (χ4n) is 1.73. The lowest BCUT2D eigenvalue weighted by Gasteiger charge is -2.07. The van der Waals surface area contributed by atoms with E-state index in [9.17, 15) is 13.2 Å². The van der Waals surface area contributed by atoms with Gasteiger partial charge in [0.05, 0.1) is 11.3 Å². The minimum Gasteiger partial charge on any atom is -0.253 e. The zero-order chi connectivity index (χ0) is 14.9. The Labute approximate surface area is 117 Å². The van der Waals surface area contributed by atoms with Gasteiger partial charge in [-0.3, -0.25) is 4.98 Å². The van der Waals surface area contributed by atoms with E-state index in [1.54, 1.807) is 24.4 Å². The Kier molecular flexibility index (Phi) is 3.13. The van der Waals surface area contributed by atoms with Crippen molar-refractivity contribution in [3.63, 3.8) is 0 Å². The molecule has 0 fully saturated rings. The number of hydrogen-bond donors (Lipinski definition) is 0. The van der Waals surface area contributed by atoms with Gasteiger partial charge in [0.2, 0.25) is 5.82 Å². The summed E-state index contributed by atoms with van der Waals surface area (Å²) < 4.78 is 38.0. The second-order valence-corrected chi connectivity index (χ2v) is 4.17. The van der Waals surface area contributed by atoms with Gasteiger partial charge in [-0.05, 0) is 35.5 Å². The first-order chi connectivity index (χ1) is 10.0. The van der Waals surface area contributed by atoms with Crippen LogP contribution in [-0.2, 0) is 6.18 Å². The topological polar surface area (TPSA) is 56.5 Å². The zero-order valence-electron chi connectivity index (χ0n) is 10.5. The number of pyridine rings is 1. The van der Waals surface area contributed by atoms with Crippen LogP contribution in [0.3, 0.4) is 0 Å². The van der Waals surface area contributed by atoms with Crippen molar-refractivity contribution in [2.45, 2.75) is 6.18 Å². The summed E-state index contributed by atoms with van der Waals surface area (Å²) in [6.07, 6.45) is -2.85. The number of nitrogens with zero attached hydrogens (tertiary/aromatic N) is 5. The maximum absolute atomic E-state index is 12.7. The van der Waals surface area contributed by atoms with Gasteiger partial charge in [-0.25, -0.2) is 0 Å². The molecule has 0 aliphatic carbocycles. The van der Waals surface area contributed by atoms with Crippen LogP contribution in [0.15, 0.2) is 48.7 Å². The summed E-state index contributed by atoms with van der Waals surface area (Å²) >= 11 is 0. The number of halogens is 3. The van der Waals surface area contributed by atoms with Crippen molar-refractivity contribution in [3.8, 4) is 17.2 Å². The third-order valence-corrected chi connectivity index (χ3v) is 2.71. The van der Waals surface area contributed by atoms with Crippen molar-refractivity contribution < 1.29 is 13.2 Å². The van der Waals surface area contributed by atoms with E-state index in [0.717, 1.165) is 16.9 Å². The van der Waals surface area contributed by atoms with Crippen molar-refractivity contribution in [1.82, 2.24) is 25.2 Å². The predicted molar refractivity (Wildman–Crippen MR) is 67.4 cm³/mol. The van der Waals surface area contributed by atoms with Crippen LogP contribution in [0.5, 0.6) is 0 Å². The molecule has 0 unspecified atom stereocenters. The SMILES string of the molecule is FC(F)(F)c1cccc(-n2nnc(-c3ccccn3)n2)c1. The summed E-state index contributed by atoms with van der Waals surface area (Å²) in [6.45, 7) is 0. The zero-order valence-corrected chi connectivity index (χ0v) is 10.5. The lowest BCUT2D eigenvalue weighted by molar-refractivity contribution is -0.137. The molecule has 1 aromatic carbocycles. The van der Waals surface area contributed by atoms with Crippen molar-refractivity contribution in [3.05, 3.63) is 54.2 Å². The summed E-state index contributed by atoms with van der Waals surface area (Å²) in [6, 6.07) is 9.90. The number of rotatable bonds is 2. The molecule has 3 aromatic rings. The summed E-state index contributed by atoms with van der Waals surface area (Å²) in [5, 5.41) is 11.6. The van der Waals surface area contributed by atoms with Crippen LogP contribution in [0.25, 0.3) is 17.2 Å². The molecule has 8 heteroatoms. The van der Waals surface area contributed by atoms with Crippen LogP contribution in [0.1, 0.15) is 5.56 Å². The number of benzene rings is 1. The smallest absolute Gasteiger partial charge is 0.253 e. The summed E-state index contributed by atoms with van der Waals surface area (Å²) in [7, 11) is 0. The average Bonchev–Trinajstić information content (AvgIpc) is 2.97. The molecule has 0 saturated carbocycles. The van der Waals surface area contributed by atoms with Gasteiger partial charge >= 0.3 is 6.18 Å². The van der Waals surface area contributed by atoms with Crippen LogP contribution < -0.4 is 0 Å². The first-order valence-electron chi connectivity index (χ1n) is 5.93. The van der Waals surface area contributed by atoms with Crippen LogP contribution in [-0.4, -0.2) is 25.2 Å². The molecular weight excluding hydrogens is 283 g/mol. The van der Waals surface area contributed by atoms with E-state index < -0.39 is 11.7 Å². The molecule has 0 bridgehead atoms. The Morgan fingerprint density at radius 3 is 2.57 bits per heavy atom. The molecule has 2 aromatic heterocycles. The van der Waals surface area contributed by atoms with E-state index in [-0.39, 0.29) is 11.5 Å². The Hall–Kier alpha value is -2.77. The highest BCUT2D eigenvalue weighted by molar-refractivity contribution is 5.47. The van der Waals surface area contributed by atoms with Gasteiger partial charge in [-0.2, -0.15) is 13.2 Å². The van der Waals surface area contributed by atoms with Crippen LogP contribution in [0, 0.1) is 0 Å². The molecule has 0 amide bonds. The van der Waals surface area contributed by atoms with Crippen molar-refractivity contribution in [2.75, 3.05) is 0 Å². The van der Waals surface area contributed by atoms with Crippen molar-refractivity contribution in [1.29, 1.82) is 0 Å². The second-order valence-electron chi connectivity index (χ2n) is 4.17. The largest absolute Gasteiger partial charge is 0.416 e. The molecule has 0 spiro atoms. The van der Waals surface area contributed by atoms with Gasteiger partial charge in [0.15, 0.2) is 0 Å². The molecule has 2 heterocycles. The normalized spacial score (nSPS) is 11.6. The third-order valence-electron chi connectivity index (χ3n) is 2.71. The van der Waals surface area contributed by atoms with E-state index in [1.165, 1.54) is 12.1 Å². The Bertz CT molecular complexity index is 752. The third kappa shape index (κ3) is 2.73. The lowest BCUT2D eigenvalue weighted by Crippen LogP contribution is -2.07. The predicted octanol–water partition coefficient (Wildman–Crippen LogP) is 2.74. The van der Waals surface area contributed by atoms with Gasteiger partial charge < -0.3 is 0 Å². The lowest BCUT2D eigenvalue weighted by atomic mass is 10.2. The highest BCUT2D eigenvalue weighted by Gasteiger charge is 2.30. The Morgan fingerprint density at radius 2 is 1.86 bits per heavy atom. The van der Waals surface area contributed by atoms with Gasteiger partial charge in [0.1, 0.15) is 5.69 Å². The molecule has 106 valence electrons. The molecule has 0 aliphatic rings. The molecule has 0 atom stereocenters. The molecule has 0 aliphatic heterocycles. The minimum absolute atomic E-state index is 0.180. The fraction of sp³-hybridized carbons (Fsp3) is 0.0769. The van der Waals surface area contributed by atoms with E-state index in [4.69, 9.17) is 0 Å². The number of tetrazole rings is 1. The summed E-state index contributed by atoms with van der Waals surface area (Å²) in [5.74, 6) is 0.244. The Morgan fingerprint density at radius 1 is 1.00 bits per heavy atom. The quantitative estimate of drug-likeness (QED) is 0.728. The summed E-state index contributed by atoms with van der Waals surface area (Å²) in [4.78, 5) is 5.10. The van der Waals surface area contributed by atoms with Crippen LogP contribution >= 0.6 is 0 Å². The van der Waals surface area contributed by atoms with Crippen LogP contribution in [0.2, 0.25) is 0 Å². The molecule has 3 rings (SSSR count). The monoisotopic (exact) mass is 291 g/mol. The highest BCUT2D eigenvalue weighted by Crippen LogP contribution is 2.30. The number of alkyl halides is 3. The average molecular weight is 291 g/mol. The molecule has 0 saturated heterocycles. The second kappa shape index (κ2) is 4.97. The van der Waals surface area contributed by atoms with E-state index in [0.29, 0.717) is 5.69 Å². The first-order valence-corrected chi connectivity index (χ1v) is 5.93. The molecule has 21 heavy (non-hydrogen) atoms. The van der Waals surface area contributed by atoms with Crippen molar-refractivity contribution in [2.24, 2.45) is 0 Å². The Balaban J connectivity index is 1.97. The van der Waals surface area contributed by atoms with Gasteiger partial charge in [-0.1, -0.05) is 12.1 Å². The van der Waals surface area contributed by atoms with E-state index >= 15 is 0 Å². The van der Waals surface area contributed by atoms with Gasteiger partial charge in [0.25, 0.3) is 0 Å². The molecular formula is C13H8F3N5. The van der Waals surface area contributed by atoms with Crippen molar-refractivity contribution >= 4 is 0 Å².